The van der Waals surface area contributed by atoms with Crippen molar-refractivity contribution in [3.05, 3.63) is 0 Å². The van der Waals surface area contributed by atoms with Gasteiger partial charge >= 0.3 is 0 Å². The summed E-state index contributed by atoms with van der Waals surface area (Å²) in [6.07, 6.45) is -0.0735. The zero-order chi connectivity index (χ0) is 11.9. The van der Waals surface area contributed by atoms with Crippen LogP contribution in [0.25, 0.3) is 0 Å². The maximum absolute atomic E-state index is 11.5. The highest BCUT2D eigenvalue weighted by Gasteiger charge is 2.17. The average molecular weight is 252 g/mol. The van der Waals surface area contributed by atoms with Crippen molar-refractivity contribution in [2.75, 3.05) is 45.2 Å². The summed E-state index contributed by atoms with van der Waals surface area (Å²) in [6.45, 7) is 5.07. The van der Waals surface area contributed by atoms with Gasteiger partial charge in [0, 0.05) is 26.2 Å². The maximum Gasteiger partial charge on any atom is 0.213 e. The molecule has 7 heteroatoms. The topological polar surface area (TPSA) is 76.7 Å². The molecule has 0 aromatic rings. The van der Waals surface area contributed by atoms with E-state index in [1.807, 2.05) is 6.92 Å². The number of ether oxygens (including phenoxy) is 2. The van der Waals surface area contributed by atoms with E-state index in [1.54, 1.807) is 0 Å². The minimum atomic E-state index is -3.24. The summed E-state index contributed by atoms with van der Waals surface area (Å²) in [5, 5.41) is 3.14. The van der Waals surface area contributed by atoms with Gasteiger partial charge in [-0.05, 0) is 6.92 Å². The molecule has 16 heavy (non-hydrogen) atoms. The Balaban J connectivity index is 2.18. The SMILES string of the molecule is CCOCCS(=O)(=O)NCC1CNCCO1. The summed E-state index contributed by atoms with van der Waals surface area (Å²) in [6, 6.07) is 0. The van der Waals surface area contributed by atoms with Gasteiger partial charge in [0.1, 0.15) is 0 Å². The summed E-state index contributed by atoms with van der Waals surface area (Å²) in [4.78, 5) is 0. The number of morpholine rings is 1. The van der Waals surface area contributed by atoms with Crippen LogP contribution in [-0.2, 0) is 19.5 Å². The third-order valence-corrected chi connectivity index (χ3v) is 3.55. The molecule has 1 aliphatic rings. The molecule has 1 aliphatic heterocycles. The lowest BCUT2D eigenvalue weighted by atomic mass is 10.3. The molecule has 2 N–H and O–H groups in total. The number of rotatable bonds is 7. The summed E-state index contributed by atoms with van der Waals surface area (Å²) in [7, 11) is -3.24. The zero-order valence-corrected chi connectivity index (χ0v) is 10.4. The summed E-state index contributed by atoms with van der Waals surface area (Å²) in [5.41, 5.74) is 0. The lowest BCUT2D eigenvalue weighted by Gasteiger charge is -2.23. The Kier molecular flexibility index (Phi) is 6.22. The Labute approximate surface area is 96.7 Å². The molecule has 1 saturated heterocycles. The fraction of sp³-hybridized carbons (Fsp3) is 1.00. The minimum Gasteiger partial charge on any atom is -0.381 e. The van der Waals surface area contributed by atoms with Gasteiger partial charge in [0.25, 0.3) is 0 Å². The van der Waals surface area contributed by atoms with Crippen LogP contribution < -0.4 is 10.0 Å². The van der Waals surface area contributed by atoms with Crippen LogP contribution in [0.4, 0.5) is 0 Å². The normalized spacial score (nSPS) is 22.2. The second-order valence-corrected chi connectivity index (χ2v) is 5.49. The molecule has 1 atom stereocenters. The highest BCUT2D eigenvalue weighted by molar-refractivity contribution is 7.89. The van der Waals surface area contributed by atoms with Crippen LogP contribution in [0.1, 0.15) is 6.92 Å². The van der Waals surface area contributed by atoms with Crippen LogP contribution in [0.15, 0.2) is 0 Å². The minimum absolute atomic E-state index is 0.000981. The monoisotopic (exact) mass is 252 g/mol. The largest absolute Gasteiger partial charge is 0.381 e. The van der Waals surface area contributed by atoms with Crippen LogP contribution in [0.3, 0.4) is 0 Å². The van der Waals surface area contributed by atoms with Gasteiger partial charge in [-0.3, -0.25) is 0 Å². The molecule has 0 saturated carbocycles. The van der Waals surface area contributed by atoms with Gasteiger partial charge in [-0.15, -0.1) is 0 Å². The molecular weight excluding hydrogens is 232 g/mol. The molecule has 1 fully saturated rings. The fourth-order valence-electron chi connectivity index (χ4n) is 1.36. The van der Waals surface area contributed by atoms with E-state index in [-0.39, 0.29) is 18.5 Å². The van der Waals surface area contributed by atoms with Crippen LogP contribution in [0.5, 0.6) is 0 Å². The molecule has 6 nitrogen and oxygen atoms in total. The van der Waals surface area contributed by atoms with Crippen molar-refractivity contribution in [1.82, 2.24) is 10.0 Å². The Bertz CT molecular complexity index is 275. The number of nitrogens with one attached hydrogen (secondary N) is 2. The van der Waals surface area contributed by atoms with Crippen molar-refractivity contribution < 1.29 is 17.9 Å². The molecule has 0 bridgehead atoms. The molecule has 1 rings (SSSR count). The van der Waals surface area contributed by atoms with Gasteiger partial charge in [0.2, 0.25) is 10.0 Å². The molecule has 0 aliphatic carbocycles. The number of hydrogen-bond acceptors (Lipinski definition) is 5. The second-order valence-electron chi connectivity index (χ2n) is 3.56. The standard InChI is InChI=1S/C9H20N2O4S/c1-2-14-5-6-16(12,13)11-8-9-7-10-3-4-15-9/h9-11H,2-8H2,1H3. The smallest absolute Gasteiger partial charge is 0.213 e. The molecule has 96 valence electrons. The molecule has 0 radical (unpaired) electrons. The van der Waals surface area contributed by atoms with Crippen molar-refractivity contribution in [1.29, 1.82) is 0 Å². The summed E-state index contributed by atoms with van der Waals surface area (Å²) in [5.74, 6) is 0.000981. The van der Waals surface area contributed by atoms with Crippen molar-refractivity contribution >= 4 is 10.0 Å². The van der Waals surface area contributed by atoms with E-state index in [0.29, 0.717) is 26.3 Å². The molecule has 0 aromatic heterocycles. The molecule has 1 unspecified atom stereocenters. The van der Waals surface area contributed by atoms with E-state index in [4.69, 9.17) is 9.47 Å². The van der Waals surface area contributed by atoms with Crippen molar-refractivity contribution in [3.8, 4) is 0 Å². The van der Waals surface area contributed by atoms with E-state index >= 15 is 0 Å². The number of sulfonamides is 1. The van der Waals surface area contributed by atoms with E-state index in [1.165, 1.54) is 0 Å². The first kappa shape index (κ1) is 13.9. The van der Waals surface area contributed by atoms with Gasteiger partial charge in [-0.2, -0.15) is 0 Å². The van der Waals surface area contributed by atoms with E-state index in [2.05, 4.69) is 10.0 Å². The first-order valence-electron chi connectivity index (χ1n) is 5.51. The third-order valence-electron chi connectivity index (χ3n) is 2.24. The lowest BCUT2D eigenvalue weighted by Crippen LogP contribution is -2.45. The van der Waals surface area contributed by atoms with E-state index < -0.39 is 10.0 Å². The van der Waals surface area contributed by atoms with Gasteiger partial charge in [0.15, 0.2) is 0 Å². The molecular formula is C9H20N2O4S. The van der Waals surface area contributed by atoms with E-state index in [9.17, 15) is 8.42 Å². The van der Waals surface area contributed by atoms with Gasteiger partial charge in [-0.1, -0.05) is 0 Å². The van der Waals surface area contributed by atoms with Crippen molar-refractivity contribution in [3.63, 3.8) is 0 Å². The molecule has 1 heterocycles. The van der Waals surface area contributed by atoms with E-state index in [0.717, 1.165) is 6.54 Å². The summed E-state index contributed by atoms with van der Waals surface area (Å²) < 4.78 is 35.9. The predicted molar refractivity (Wildman–Crippen MR) is 60.9 cm³/mol. The van der Waals surface area contributed by atoms with Crippen molar-refractivity contribution in [2.45, 2.75) is 13.0 Å². The molecule has 0 spiro atoms. The van der Waals surface area contributed by atoms with Crippen LogP contribution >= 0.6 is 0 Å². The Morgan fingerprint density at radius 3 is 3.00 bits per heavy atom. The lowest BCUT2D eigenvalue weighted by molar-refractivity contribution is 0.0324. The molecule has 0 amide bonds. The fourth-order valence-corrected chi connectivity index (χ4v) is 2.28. The predicted octanol–water partition coefficient (Wildman–Crippen LogP) is -1.07. The quantitative estimate of drug-likeness (QED) is 0.564. The Morgan fingerprint density at radius 1 is 1.56 bits per heavy atom. The zero-order valence-electron chi connectivity index (χ0n) is 9.57. The Morgan fingerprint density at radius 2 is 2.38 bits per heavy atom. The van der Waals surface area contributed by atoms with Crippen LogP contribution in [0.2, 0.25) is 0 Å². The third kappa shape index (κ3) is 5.76. The van der Waals surface area contributed by atoms with Gasteiger partial charge < -0.3 is 14.8 Å². The first-order chi connectivity index (χ1) is 7.64. The Hall–Kier alpha value is -0.210. The second kappa shape index (κ2) is 7.18. The van der Waals surface area contributed by atoms with Gasteiger partial charge in [-0.25, -0.2) is 13.1 Å². The first-order valence-corrected chi connectivity index (χ1v) is 7.16. The average Bonchev–Trinajstić information content (AvgIpc) is 2.28. The van der Waals surface area contributed by atoms with Gasteiger partial charge in [0.05, 0.1) is 25.1 Å². The van der Waals surface area contributed by atoms with Crippen LogP contribution in [0, 0.1) is 0 Å². The maximum atomic E-state index is 11.5. The number of hydrogen-bond donors (Lipinski definition) is 2. The van der Waals surface area contributed by atoms with Crippen LogP contribution in [-0.4, -0.2) is 59.7 Å². The summed E-state index contributed by atoms with van der Waals surface area (Å²) >= 11 is 0. The molecule has 0 aromatic carbocycles. The highest BCUT2D eigenvalue weighted by Crippen LogP contribution is 1.95. The van der Waals surface area contributed by atoms with Crippen molar-refractivity contribution in [2.24, 2.45) is 0 Å². The highest BCUT2D eigenvalue weighted by atomic mass is 32.2.